The van der Waals surface area contributed by atoms with E-state index in [1.807, 2.05) is 6.92 Å². The SMILES string of the molecule is CCC(=O)C=COC. The maximum absolute atomic E-state index is 10.4. The van der Waals surface area contributed by atoms with Gasteiger partial charge >= 0.3 is 0 Å². The van der Waals surface area contributed by atoms with Gasteiger partial charge in [-0.3, -0.25) is 4.79 Å². The summed E-state index contributed by atoms with van der Waals surface area (Å²) in [6.45, 7) is 1.81. The number of rotatable bonds is 3. The molecule has 0 atom stereocenters. The average Bonchev–Trinajstić information content (AvgIpc) is 1.83. The molecule has 0 aliphatic carbocycles. The molecule has 2 heteroatoms. The molecule has 0 unspecified atom stereocenters. The van der Waals surface area contributed by atoms with Gasteiger partial charge in [-0.2, -0.15) is 0 Å². The minimum atomic E-state index is 0.0897. The number of carbonyl (C=O) groups is 1. The minimum Gasteiger partial charge on any atom is -0.504 e. The van der Waals surface area contributed by atoms with Crippen LogP contribution in [0.2, 0.25) is 0 Å². The van der Waals surface area contributed by atoms with Crippen molar-refractivity contribution in [1.29, 1.82) is 0 Å². The Morgan fingerprint density at radius 1 is 1.75 bits per heavy atom. The minimum absolute atomic E-state index is 0.0897. The van der Waals surface area contributed by atoms with Gasteiger partial charge in [0.2, 0.25) is 0 Å². The number of hydrogen-bond donors (Lipinski definition) is 0. The van der Waals surface area contributed by atoms with Crippen molar-refractivity contribution in [3.63, 3.8) is 0 Å². The highest BCUT2D eigenvalue weighted by Gasteiger charge is 1.85. The second kappa shape index (κ2) is 4.37. The molecule has 8 heavy (non-hydrogen) atoms. The molecule has 2 nitrogen and oxygen atoms in total. The predicted octanol–water partition coefficient (Wildman–Crippen LogP) is 1.13. The molecule has 0 aliphatic heterocycles. The fraction of sp³-hybridized carbons (Fsp3) is 0.500. The van der Waals surface area contributed by atoms with Gasteiger partial charge in [-0.05, 0) is 0 Å². The van der Waals surface area contributed by atoms with E-state index < -0.39 is 0 Å². The quantitative estimate of drug-likeness (QED) is 0.406. The van der Waals surface area contributed by atoms with Gasteiger partial charge in [-0.1, -0.05) is 6.92 Å². The van der Waals surface area contributed by atoms with Gasteiger partial charge < -0.3 is 4.74 Å². The van der Waals surface area contributed by atoms with E-state index in [0.717, 1.165) is 0 Å². The molecule has 0 radical (unpaired) electrons. The lowest BCUT2D eigenvalue weighted by Gasteiger charge is -1.84. The first kappa shape index (κ1) is 7.21. The molecule has 0 aliphatic rings. The fourth-order valence-corrected chi connectivity index (χ4v) is 0.262. The van der Waals surface area contributed by atoms with Gasteiger partial charge in [0.25, 0.3) is 0 Å². The molecule has 0 heterocycles. The molecule has 0 saturated carbocycles. The van der Waals surface area contributed by atoms with Crippen LogP contribution in [0.15, 0.2) is 12.3 Å². The Hall–Kier alpha value is -0.790. The highest BCUT2D eigenvalue weighted by molar-refractivity contribution is 5.88. The summed E-state index contributed by atoms with van der Waals surface area (Å²) in [5.41, 5.74) is 0. The Kier molecular flexibility index (Phi) is 3.94. The predicted molar refractivity (Wildman–Crippen MR) is 31.4 cm³/mol. The Labute approximate surface area is 49.1 Å². The van der Waals surface area contributed by atoms with Crippen LogP contribution >= 0.6 is 0 Å². The lowest BCUT2D eigenvalue weighted by molar-refractivity contribution is -0.114. The van der Waals surface area contributed by atoms with Crippen LogP contribution in [-0.4, -0.2) is 12.9 Å². The largest absolute Gasteiger partial charge is 0.504 e. The van der Waals surface area contributed by atoms with Gasteiger partial charge in [-0.25, -0.2) is 0 Å². The molecule has 0 saturated heterocycles. The van der Waals surface area contributed by atoms with Gasteiger partial charge in [0.15, 0.2) is 5.78 Å². The summed E-state index contributed by atoms with van der Waals surface area (Å²) in [5.74, 6) is 0.0897. The third kappa shape index (κ3) is 3.40. The topological polar surface area (TPSA) is 26.3 Å². The number of ketones is 1. The zero-order valence-electron chi connectivity index (χ0n) is 5.18. The van der Waals surface area contributed by atoms with E-state index in [1.165, 1.54) is 19.4 Å². The van der Waals surface area contributed by atoms with Gasteiger partial charge in [-0.15, -0.1) is 0 Å². The number of allylic oxidation sites excluding steroid dienone is 1. The molecule has 0 bridgehead atoms. The zero-order chi connectivity index (χ0) is 6.41. The second-order valence-electron chi connectivity index (χ2n) is 1.36. The van der Waals surface area contributed by atoms with E-state index in [0.29, 0.717) is 6.42 Å². The van der Waals surface area contributed by atoms with Crippen LogP contribution in [0.1, 0.15) is 13.3 Å². The van der Waals surface area contributed by atoms with Crippen molar-refractivity contribution >= 4 is 5.78 Å². The lowest BCUT2D eigenvalue weighted by Crippen LogP contribution is -1.86. The number of methoxy groups -OCH3 is 1. The van der Waals surface area contributed by atoms with Gasteiger partial charge in [0.05, 0.1) is 13.4 Å². The summed E-state index contributed by atoms with van der Waals surface area (Å²) >= 11 is 0. The first-order valence-electron chi connectivity index (χ1n) is 2.53. The Morgan fingerprint density at radius 2 is 2.38 bits per heavy atom. The van der Waals surface area contributed by atoms with Crippen LogP contribution in [-0.2, 0) is 9.53 Å². The van der Waals surface area contributed by atoms with Gasteiger partial charge in [0.1, 0.15) is 0 Å². The first-order valence-corrected chi connectivity index (χ1v) is 2.53. The third-order valence-corrected chi connectivity index (χ3v) is 0.738. The Morgan fingerprint density at radius 3 is 2.75 bits per heavy atom. The molecule has 0 rings (SSSR count). The standard InChI is InChI=1S/C6H10O2/c1-3-6(7)4-5-8-2/h4-5H,3H2,1-2H3. The Balaban J connectivity index is 3.37. The third-order valence-electron chi connectivity index (χ3n) is 0.738. The molecule has 0 aromatic carbocycles. The lowest BCUT2D eigenvalue weighted by atomic mass is 10.3. The van der Waals surface area contributed by atoms with Crippen LogP contribution in [0.25, 0.3) is 0 Å². The average molecular weight is 114 g/mol. The first-order chi connectivity index (χ1) is 3.81. The fourth-order valence-electron chi connectivity index (χ4n) is 0.262. The maximum Gasteiger partial charge on any atom is 0.158 e. The van der Waals surface area contributed by atoms with Crippen molar-refractivity contribution in [2.24, 2.45) is 0 Å². The summed E-state index contributed by atoms with van der Waals surface area (Å²) in [6.07, 6.45) is 3.34. The van der Waals surface area contributed by atoms with Crippen molar-refractivity contribution in [1.82, 2.24) is 0 Å². The molecule has 46 valence electrons. The smallest absolute Gasteiger partial charge is 0.158 e. The van der Waals surface area contributed by atoms with Crippen LogP contribution in [0, 0.1) is 0 Å². The molecule has 0 N–H and O–H groups in total. The van der Waals surface area contributed by atoms with E-state index in [9.17, 15) is 4.79 Å². The molecular weight excluding hydrogens is 104 g/mol. The molecule has 0 aromatic rings. The van der Waals surface area contributed by atoms with Crippen LogP contribution in [0.4, 0.5) is 0 Å². The van der Waals surface area contributed by atoms with E-state index in [2.05, 4.69) is 4.74 Å². The number of ether oxygens (including phenoxy) is 1. The van der Waals surface area contributed by atoms with Crippen LogP contribution in [0.5, 0.6) is 0 Å². The summed E-state index contributed by atoms with van der Waals surface area (Å²) in [7, 11) is 1.51. The highest BCUT2D eigenvalue weighted by atomic mass is 16.5. The van der Waals surface area contributed by atoms with Crippen molar-refractivity contribution in [2.45, 2.75) is 13.3 Å². The molecule has 0 fully saturated rings. The maximum atomic E-state index is 10.4. The molecule has 0 amide bonds. The summed E-state index contributed by atoms with van der Waals surface area (Å²) in [6, 6.07) is 0. The second-order valence-corrected chi connectivity index (χ2v) is 1.36. The Bertz CT molecular complexity index is 94.7. The normalized spacial score (nSPS) is 9.75. The molecule has 0 aromatic heterocycles. The summed E-state index contributed by atoms with van der Waals surface area (Å²) in [4.78, 5) is 10.4. The number of hydrogen-bond acceptors (Lipinski definition) is 2. The van der Waals surface area contributed by atoms with Crippen molar-refractivity contribution in [3.8, 4) is 0 Å². The number of carbonyl (C=O) groups excluding carboxylic acids is 1. The summed E-state index contributed by atoms with van der Waals surface area (Å²) < 4.78 is 4.51. The summed E-state index contributed by atoms with van der Waals surface area (Å²) in [5, 5.41) is 0. The monoisotopic (exact) mass is 114 g/mol. The van der Waals surface area contributed by atoms with E-state index >= 15 is 0 Å². The van der Waals surface area contributed by atoms with E-state index in [4.69, 9.17) is 0 Å². The van der Waals surface area contributed by atoms with Crippen molar-refractivity contribution in [3.05, 3.63) is 12.3 Å². The van der Waals surface area contributed by atoms with Crippen molar-refractivity contribution in [2.75, 3.05) is 7.11 Å². The zero-order valence-corrected chi connectivity index (χ0v) is 5.18. The van der Waals surface area contributed by atoms with Gasteiger partial charge in [0, 0.05) is 12.5 Å². The van der Waals surface area contributed by atoms with Crippen LogP contribution < -0.4 is 0 Å². The van der Waals surface area contributed by atoms with Crippen molar-refractivity contribution < 1.29 is 9.53 Å². The van der Waals surface area contributed by atoms with E-state index in [1.54, 1.807) is 0 Å². The molecule has 0 spiro atoms. The highest BCUT2D eigenvalue weighted by Crippen LogP contribution is 1.81. The molecular formula is C6H10O2. The van der Waals surface area contributed by atoms with E-state index in [-0.39, 0.29) is 5.78 Å². The van der Waals surface area contributed by atoms with Crippen LogP contribution in [0.3, 0.4) is 0 Å².